The Kier molecular flexibility index (Phi) is 3.33. The van der Waals surface area contributed by atoms with Crippen molar-refractivity contribution in [1.82, 2.24) is 30.1 Å². The number of pyridine rings is 1. The van der Waals surface area contributed by atoms with Crippen LogP contribution >= 0.6 is 0 Å². The van der Waals surface area contributed by atoms with E-state index in [0.29, 0.717) is 5.92 Å². The van der Waals surface area contributed by atoms with Gasteiger partial charge in [0, 0.05) is 48.5 Å². The van der Waals surface area contributed by atoms with Gasteiger partial charge in [0.05, 0.1) is 11.4 Å². The molecule has 134 valence electrons. The molecule has 0 radical (unpaired) electrons. The molecule has 3 aromatic rings. The van der Waals surface area contributed by atoms with Gasteiger partial charge < -0.3 is 0 Å². The lowest BCUT2D eigenvalue weighted by Crippen LogP contribution is -2.09. The topological polar surface area (TPSA) is 77.3 Å². The lowest BCUT2D eigenvalue weighted by atomic mass is 10.1. The van der Waals surface area contributed by atoms with Crippen LogP contribution in [0.1, 0.15) is 63.8 Å². The molecular formula is C21H20N6. The van der Waals surface area contributed by atoms with E-state index in [4.69, 9.17) is 15.0 Å². The Bertz CT molecular complexity index is 1020. The molecule has 3 aliphatic carbocycles. The van der Waals surface area contributed by atoms with Crippen molar-refractivity contribution in [3.05, 3.63) is 70.1 Å². The summed E-state index contributed by atoms with van der Waals surface area (Å²) < 4.78 is 0. The average Bonchev–Trinajstić information content (AvgIpc) is 3.42. The summed E-state index contributed by atoms with van der Waals surface area (Å²) in [5.74, 6) is 2.47. The third-order valence-electron chi connectivity index (χ3n) is 6.18. The zero-order valence-corrected chi connectivity index (χ0v) is 15.1. The largest absolute Gasteiger partial charge is 0.261 e. The summed E-state index contributed by atoms with van der Waals surface area (Å²) in [5.41, 5.74) is 7.17. The molecule has 0 fully saturated rings. The fourth-order valence-electron chi connectivity index (χ4n) is 4.73. The van der Waals surface area contributed by atoms with E-state index >= 15 is 0 Å². The van der Waals surface area contributed by atoms with E-state index < -0.39 is 0 Å². The van der Waals surface area contributed by atoms with Crippen molar-refractivity contribution in [1.29, 1.82) is 0 Å². The molecule has 6 rings (SSSR count). The number of fused-ring (bicyclic) bond motifs is 3. The molecule has 3 heterocycles. The van der Waals surface area contributed by atoms with Gasteiger partial charge in [0.2, 0.25) is 0 Å². The van der Waals surface area contributed by atoms with Crippen LogP contribution in [0.25, 0.3) is 0 Å². The number of hydrogen-bond acceptors (Lipinski definition) is 6. The summed E-state index contributed by atoms with van der Waals surface area (Å²) in [6.07, 6.45) is 10.9. The first-order valence-corrected chi connectivity index (χ1v) is 9.83. The minimum absolute atomic E-state index is 0.283. The van der Waals surface area contributed by atoms with Gasteiger partial charge >= 0.3 is 0 Å². The van der Waals surface area contributed by atoms with Crippen LogP contribution in [0.2, 0.25) is 0 Å². The van der Waals surface area contributed by atoms with Crippen molar-refractivity contribution in [2.24, 2.45) is 0 Å². The Hall–Kier alpha value is -2.76. The lowest BCUT2D eigenvalue weighted by molar-refractivity contribution is 0.642. The van der Waals surface area contributed by atoms with Crippen LogP contribution in [0.3, 0.4) is 0 Å². The third kappa shape index (κ3) is 2.54. The van der Waals surface area contributed by atoms with Gasteiger partial charge in [0.15, 0.2) is 5.82 Å². The van der Waals surface area contributed by atoms with Crippen LogP contribution in [0.5, 0.6) is 0 Å². The lowest BCUT2D eigenvalue weighted by Gasteiger charge is -2.08. The second-order valence-electron chi connectivity index (χ2n) is 7.94. The molecule has 27 heavy (non-hydrogen) atoms. The fraction of sp³-hybridized carbons (Fsp3) is 0.429. The zero-order valence-electron chi connectivity index (χ0n) is 15.1. The standard InChI is InChI=1S/C21H20N6/c1-4-16-17(5-1)26-27-21(24-16)14-8-15-11-23-20(25-19(15)10-14)13-7-12-3-2-6-22-18(12)9-13/h2-3,6,11,13-14H,1,4-5,7-10H2. The van der Waals surface area contributed by atoms with Gasteiger partial charge in [-0.05, 0) is 49.3 Å². The van der Waals surface area contributed by atoms with Crippen molar-refractivity contribution in [3.8, 4) is 0 Å². The van der Waals surface area contributed by atoms with Gasteiger partial charge in [-0.15, -0.1) is 5.10 Å². The van der Waals surface area contributed by atoms with E-state index in [0.717, 1.165) is 73.7 Å². The highest BCUT2D eigenvalue weighted by Gasteiger charge is 2.31. The second-order valence-corrected chi connectivity index (χ2v) is 7.94. The Labute approximate surface area is 157 Å². The molecule has 3 aromatic heterocycles. The normalized spacial score (nSPS) is 22.5. The number of aryl methyl sites for hydroxylation is 2. The molecule has 2 unspecified atom stereocenters. The van der Waals surface area contributed by atoms with E-state index in [1.807, 2.05) is 18.5 Å². The Morgan fingerprint density at radius 1 is 0.704 bits per heavy atom. The highest BCUT2D eigenvalue weighted by molar-refractivity contribution is 5.33. The molecule has 6 heteroatoms. The maximum absolute atomic E-state index is 4.95. The minimum Gasteiger partial charge on any atom is -0.261 e. The molecule has 0 spiro atoms. The monoisotopic (exact) mass is 356 g/mol. The predicted molar refractivity (Wildman–Crippen MR) is 98.4 cm³/mol. The zero-order chi connectivity index (χ0) is 17.8. The molecule has 0 aliphatic heterocycles. The van der Waals surface area contributed by atoms with Crippen LogP contribution in [0, 0.1) is 0 Å². The Morgan fingerprint density at radius 3 is 2.48 bits per heavy atom. The van der Waals surface area contributed by atoms with Crippen molar-refractivity contribution in [3.63, 3.8) is 0 Å². The third-order valence-corrected chi connectivity index (χ3v) is 6.18. The second kappa shape index (κ2) is 5.87. The molecule has 3 aliphatic rings. The van der Waals surface area contributed by atoms with Crippen LogP contribution in [-0.2, 0) is 38.5 Å². The molecule has 0 amide bonds. The van der Waals surface area contributed by atoms with Gasteiger partial charge in [0.25, 0.3) is 0 Å². The molecule has 0 N–H and O–H groups in total. The van der Waals surface area contributed by atoms with Crippen molar-refractivity contribution in [2.75, 3.05) is 0 Å². The van der Waals surface area contributed by atoms with E-state index in [9.17, 15) is 0 Å². The average molecular weight is 356 g/mol. The number of rotatable bonds is 2. The first kappa shape index (κ1) is 15.3. The molecule has 0 saturated heterocycles. The first-order valence-electron chi connectivity index (χ1n) is 9.83. The molecule has 0 bridgehead atoms. The van der Waals surface area contributed by atoms with Gasteiger partial charge in [0.1, 0.15) is 5.82 Å². The number of aromatic nitrogens is 6. The molecule has 0 saturated carbocycles. The smallest absolute Gasteiger partial charge is 0.155 e. The number of hydrogen-bond donors (Lipinski definition) is 0. The maximum Gasteiger partial charge on any atom is 0.155 e. The minimum atomic E-state index is 0.283. The summed E-state index contributed by atoms with van der Waals surface area (Å²) in [6.45, 7) is 0. The fourth-order valence-corrected chi connectivity index (χ4v) is 4.73. The highest BCUT2D eigenvalue weighted by Crippen LogP contribution is 2.35. The summed E-state index contributed by atoms with van der Waals surface area (Å²) in [5, 5.41) is 8.84. The number of nitrogens with zero attached hydrogens (tertiary/aromatic N) is 6. The van der Waals surface area contributed by atoms with Crippen molar-refractivity contribution < 1.29 is 0 Å². The highest BCUT2D eigenvalue weighted by atomic mass is 15.2. The van der Waals surface area contributed by atoms with Gasteiger partial charge in [-0.25, -0.2) is 15.0 Å². The maximum atomic E-state index is 4.95. The van der Waals surface area contributed by atoms with E-state index in [1.54, 1.807) is 0 Å². The Balaban J connectivity index is 1.25. The van der Waals surface area contributed by atoms with Gasteiger partial charge in [-0.3, -0.25) is 4.98 Å². The molecule has 2 atom stereocenters. The summed E-state index contributed by atoms with van der Waals surface area (Å²) in [7, 11) is 0. The van der Waals surface area contributed by atoms with Crippen LogP contribution < -0.4 is 0 Å². The van der Waals surface area contributed by atoms with Crippen molar-refractivity contribution in [2.45, 2.75) is 56.8 Å². The molecule has 6 nitrogen and oxygen atoms in total. The van der Waals surface area contributed by atoms with Gasteiger partial charge in [-0.1, -0.05) is 6.07 Å². The van der Waals surface area contributed by atoms with Crippen LogP contribution in [-0.4, -0.2) is 30.1 Å². The van der Waals surface area contributed by atoms with Crippen molar-refractivity contribution >= 4 is 0 Å². The van der Waals surface area contributed by atoms with E-state index in [1.165, 1.54) is 16.8 Å². The predicted octanol–water partition coefficient (Wildman–Crippen LogP) is 2.31. The quantitative estimate of drug-likeness (QED) is 0.701. The summed E-state index contributed by atoms with van der Waals surface area (Å²) in [6, 6.07) is 4.18. The first-order chi connectivity index (χ1) is 13.3. The van der Waals surface area contributed by atoms with E-state index in [-0.39, 0.29) is 5.92 Å². The Morgan fingerprint density at radius 2 is 1.52 bits per heavy atom. The van der Waals surface area contributed by atoms with E-state index in [2.05, 4.69) is 21.2 Å². The van der Waals surface area contributed by atoms with Gasteiger partial charge in [-0.2, -0.15) is 5.10 Å². The summed E-state index contributed by atoms with van der Waals surface area (Å²) >= 11 is 0. The van der Waals surface area contributed by atoms with Crippen LogP contribution in [0.4, 0.5) is 0 Å². The molecule has 0 aromatic carbocycles. The SMILES string of the molecule is c1cnc2c(c1)CC(c1ncc3c(n1)CC(c1nnc4c(n1)CCC4)C3)C2. The molecular weight excluding hydrogens is 336 g/mol. The summed E-state index contributed by atoms with van der Waals surface area (Å²) in [4.78, 5) is 19.0. The van der Waals surface area contributed by atoms with Crippen LogP contribution in [0.15, 0.2) is 24.5 Å².